The molecule has 1 aliphatic heterocycles. The van der Waals surface area contributed by atoms with Crippen molar-refractivity contribution in [2.75, 3.05) is 18.0 Å². The predicted molar refractivity (Wildman–Crippen MR) is 119 cm³/mol. The zero-order chi connectivity index (χ0) is 20.8. The number of anilines is 1. The van der Waals surface area contributed by atoms with Crippen LogP contribution in [0.15, 0.2) is 54.6 Å². The molecule has 2 fully saturated rings. The van der Waals surface area contributed by atoms with Gasteiger partial charge >= 0.3 is 0 Å². The standard InChI is InChI=1S/C25H32N2O3/c28-23-12-8-21(9-13-23)26-25(29)20-7-4-16-27(17-20)22-10-14-24(15-11-22)30-18-19-5-2-1-3-6-19/h1-3,5-6,10-11,14-15,20-21,23,28H,4,7-9,12-13,16-18H2,(H,26,29)/t20-,21?,23?/m0/s1. The predicted octanol–water partition coefficient (Wildman–Crippen LogP) is 3.90. The molecule has 0 bridgehead atoms. The lowest BCUT2D eigenvalue weighted by atomic mass is 9.91. The molecule has 2 N–H and O–H groups in total. The summed E-state index contributed by atoms with van der Waals surface area (Å²) in [6, 6.07) is 18.6. The molecule has 1 saturated heterocycles. The molecule has 30 heavy (non-hydrogen) atoms. The average Bonchev–Trinajstić information content (AvgIpc) is 2.80. The van der Waals surface area contributed by atoms with E-state index in [4.69, 9.17) is 4.74 Å². The summed E-state index contributed by atoms with van der Waals surface area (Å²) >= 11 is 0. The van der Waals surface area contributed by atoms with Crippen molar-refractivity contribution >= 4 is 11.6 Å². The zero-order valence-corrected chi connectivity index (χ0v) is 17.5. The maximum atomic E-state index is 12.8. The van der Waals surface area contributed by atoms with E-state index in [0.29, 0.717) is 6.61 Å². The number of rotatable bonds is 6. The van der Waals surface area contributed by atoms with Crippen LogP contribution in [0.3, 0.4) is 0 Å². The summed E-state index contributed by atoms with van der Waals surface area (Å²) in [4.78, 5) is 15.1. The maximum Gasteiger partial charge on any atom is 0.225 e. The molecular formula is C25H32N2O3. The summed E-state index contributed by atoms with van der Waals surface area (Å²) in [5.41, 5.74) is 2.29. The van der Waals surface area contributed by atoms with Gasteiger partial charge in [0.1, 0.15) is 12.4 Å². The summed E-state index contributed by atoms with van der Waals surface area (Å²) in [6.45, 7) is 2.29. The first-order valence-electron chi connectivity index (χ1n) is 11.2. The smallest absolute Gasteiger partial charge is 0.225 e. The summed E-state index contributed by atoms with van der Waals surface area (Å²) in [6.07, 6.45) is 5.12. The highest BCUT2D eigenvalue weighted by Gasteiger charge is 2.28. The summed E-state index contributed by atoms with van der Waals surface area (Å²) in [5, 5.41) is 12.9. The molecule has 5 nitrogen and oxygen atoms in total. The van der Waals surface area contributed by atoms with E-state index in [9.17, 15) is 9.90 Å². The molecule has 0 spiro atoms. The largest absolute Gasteiger partial charge is 0.489 e. The minimum atomic E-state index is -0.192. The number of ether oxygens (including phenoxy) is 1. The molecular weight excluding hydrogens is 376 g/mol. The lowest BCUT2D eigenvalue weighted by Crippen LogP contribution is -2.47. The van der Waals surface area contributed by atoms with Gasteiger partial charge in [-0.05, 0) is 68.4 Å². The highest BCUT2D eigenvalue weighted by molar-refractivity contribution is 5.80. The van der Waals surface area contributed by atoms with Gasteiger partial charge in [0.15, 0.2) is 0 Å². The normalized spacial score (nSPS) is 24.3. The summed E-state index contributed by atoms with van der Waals surface area (Å²) in [5.74, 6) is 1.05. The van der Waals surface area contributed by atoms with Crippen LogP contribution in [0.5, 0.6) is 5.75 Å². The second-order valence-electron chi connectivity index (χ2n) is 8.57. The van der Waals surface area contributed by atoms with Gasteiger partial charge in [-0.2, -0.15) is 0 Å². The third-order valence-corrected chi connectivity index (χ3v) is 6.29. The molecule has 2 aliphatic rings. The highest BCUT2D eigenvalue weighted by atomic mass is 16.5. The van der Waals surface area contributed by atoms with E-state index in [1.165, 1.54) is 0 Å². The molecule has 2 aromatic carbocycles. The Labute approximate surface area is 179 Å². The Kier molecular flexibility index (Phi) is 6.90. The van der Waals surface area contributed by atoms with E-state index >= 15 is 0 Å². The number of carbonyl (C=O) groups excluding carboxylic acids is 1. The number of nitrogens with one attached hydrogen (secondary N) is 1. The van der Waals surface area contributed by atoms with Gasteiger partial charge in [0.25, 0.3) is 0 Å². The van der Waals surface area contributed by atoms with Crippen LogP contribution < -0.4 is 15.0 Å². The van der Waals surface area contributed by atoms with Gasteiger partial charge in [-0.25, -0.2) is 0 Å². The van der Waals surface area contributed by atoms with Crippen molar-refractivity contribution in [1.82, 2.24) is 5.32 Å². The molecule has 1 aliphatic carbocycles. The molecule has 1 atom stereocenters. The summed E-state index contributed by atoms with van der Waals surface area (Å²) < 4.78 is 5.89. The molecule has 4 rings (SSSR count). The zero-order valence-electron chi connectivity index (χ0n) is 17.5. The molecule has 160 valence electrons. The molecule has 5 heteroatoms. The number of hydrogen-bond donors (Lipinski definition) is 2. The van der Waals surface area contributed by atoms with Crippen LogP contribution in [0.25, 0.3) is 0 Å². The van der Waals surface area contributed by atoms with E-state index in [2.05, 4.69) is 34.5 Å². The maximum absolute atomic E-state index is 12.8. The molecule has 0 radical (unpaired) electrons. The lowest BCUT2D eigenvalue weighted by Gasteiger charge is -2.35. The van der Waals surface area contributed by atoms with Gasteiger partial charge in [-0.1, -0.05) is 30.3 Å². The first kappa shape index (κ1) is 20.7. The number of aliphatic hydroxyl groups is 1. The van der Waals surface area contributed by atoms with E-state index in [1.54, 1.807) is 0 Å². The minimum absolute atomic E-state index is 0.0274. The van der Waals surface area contributed by atoms with Gasteiger partial charge in [0.05, 0.1) is 12.0 Å². The Morgan fingerprint density at radius 3 is 2.47 bits per heavy atom. The number of hydrogen-bond acceptors (Lipinski definition) is 4. The van der Waals surface area contributed by atoms with E-state index in [1.807, 2.05) is 30.3 Å². The van der Waals surface area contributed by atoms with Crippen molar-refractivity contribution in [2.45, 2.75) is 57.3 Å². The Bertz CT molecular complexity index is 801. The number of benzene rings is 2. The first-order valence-corrected chi connectivity index (χ1v) is 11.2. The topological polar surface area (TPSA) is 61.8 Å². The second-order valence-corrected chi connectivity index (χ2v) is 8.57. The minimum Gasteiger partial charge on any atom is -0.489 e. The van der Waals surface area contributed by atoms with Crippen LogP contribution in [0.4, 0.5) is 5.69 Å². The molecule has 2 aromatic rings. The second kappa shape index (κ2) is 9.98. The fraction of sp³-hybridized carbons (Fsp3) is 0.480. The third kappa shape index (κ3) is 5.54. The van der Waals surface area contributed by atoms with Crippen molar-refractivity contribution < 1.29 is 14.6 Å². The first-order chi connectivity index (χ1) is 14.7. The van der Waals surface area contributed by atoms with E-state index < -0.39 is 0 Å². The van der Waals surface area contributed by atoms with Crippen LogP contribution in [0.1, 0.15) is 44.1 Å². The van der Waals surface area contributed by atoms with Crippen LogP contribution in [0, 0.1) is 5.92 Å². The van der Waals surface area contributed by atoms with Gasteiger partial charge in [0.2, 0.25) is 5.91 Å². The van der Waals surface area contributed by atoms with Crippen molar-refractivity contribution in [3.8, 4) is 5.75 Å². The van der Waals surface area contributed by atoms with E-state index in [-0.39, 0.29) is 24.0 Å². The molecule has 0 unspecified atom stereocenters. The molecule has 1 amide bonds. The highest BCUT2D eigenvalue weighted by Crippen LogP contribution is 2.26. The van der Waals surface area contributed by atoms with Crippen LogP contribution >= 0.6 is 0 Å². The Morgan fingerprint density at radius 1 is 1.00 bits per heavy atom. The lowest BCUT2D eigenvalue weighted by molar-refractivity contribution is -0.126. The number of amides is 1. The van der Waals surface area contributed by atoms with Gasteiger partial charge < -0.3 is 20.1 Å². The van der Waals surface area contributed by atoms with Crippen molar-refractivity contribution in [2.24, 2.45) is 5.92 Å². The van der Waals surface area contributed by atoms with Crippen LogP contribution in [0.2, 0.25) is 0 Å². The monoisotopic (exact) mass is 408 g/mol. The fourth-order valence-electron chi connectivity index (χ4n) is 4.46. The molecule has 0 aromatic heterocycles. The SMILES string of the molecule is O=C(NC1CCC(O)CC1)[C@H]1CCCN(c2ccc(OCc3ccccc3)cc2)C1. The number of nitrogens with zero attached hydrogens (tertiary/aromatic N) is 1. The van der Waals surface area contributed by atoms with E-state index in [0.717, 1.165) is 68.6 Å². The van der Waals surface area contributed by atoms with Crippen LogP contribution in [-0.2, 0) is 11.4 Å². The molecule has 1 heterocycles. The number of piperidine rings is 1. The quantitative estimate of drug-likeness (QED) is 0.761. The number of aliphatic hydroxyl groups excluding tert-OH is 1. The Balaban J connectivity index is 1.29. The van der Waals surface area contributed by atoms with Crippen LogP contribution in [-0.4, -0.2) is 36.2 Å². The van der Waals surface area contributed by atoms with Gasteiger partial charge in [-0.15, -0.1) is 0 Å². The van der Waals surface area contributed by atoms with Gasteiger partial charge in [0, 0.05) is 24.8 Å². The third-order valence-electron chi connectivity index (χ3n) is 6.29. The van der Waals surface area contributed by atoms with Crippen molar-refractivity contribution in [3.05, 3.63) is 60.2 Å². The Hall–Kier alpha value is -2.53. The van der Waals surface area contributed by atoms with Crippen molar-refractivity contribution in [1.29, 1.82) is 0 Å². The average molecular weight is 409 g/mol. The summed E-state index contributed by atoms with van der Waals surface area (Å²) in [7, 11) is 0. The number of carbonyl (C=O) groups is 1. The fourth-order valence-corrected chi connectivity index (χ4v) is 4.46. The van der Waals surface area contributed by atoms with Gasteiger partial charge in [-0.3, -0.25) is 4.79 Å². The molecule has 1 saturated carbocycles. The van der Waals surface area contributed by atoms with Crippen molar-refractivity contribution in [3.63, 3.8) is 0 Å². The Morgan fingerprint density at radius 2 is 1.73 bits per heavy atom.